The molecule has 0 radical (unpaired) electrons. The van der Waals surface area contributed by atoms with E-state index >= 15 is 0 Å². The van der Waals surface area contributed by atoms with Gasteiger partial charge >= 0.3 is 0 Å². The maximum absolute atomic E-state index is 13.6. The highest BCUT2D eigenvalue weighted by Gasteiger charge is 2.14. The van der Waals surface area contributed by atoms with Gasteiger partial charge < -0.3 is 15.4 Å². The number of nitrogens with one attached hydrogen (secondary N) is 2. The average Bonchev–Trinajstić information content (AvgIpc) is 3.03. The van der Waals surface area contributed by atoms with Gasteiger partial charge in [0.15, 0.2) is 5.82 Å². The molecule has 0 aliphatic heterocycles. The first-order valence-corrected chi connectivity index (χ1v) is 7.75. The van der Waals surface area contributed by atoms with Crippen LogP contribution in [0.3, 0.4) is 0 Å². The second-order valence-electron chi connectivity index (χ2n) is 5.53. The Morgan fingerprint density at radius 2 is 2.00 bits per heavy atom. The molecule has 1 aromatic heterocycles. The van der Waals surface area contributed by atoms with Crippen molar-refractivity contribution in [3.8, 4) is 0 Å². The number of fused-ring (bicyclic) bond motifs is 1. The highest BCUT2D eigenvalue weighted by molar-refractivity contribution is 5.78. The molecule has 3 N–H and O–H groups in total. The molecule has 1 heterocycles. The molecule has 0 saturated heterocycles. The molecule has 0 spiro atoms. The lowest BCUT2D eigenvalue weighted by Gasteiger charge is -2.16. The number of aliphatic hydroxyl groups excluding tert-OH is 1. The second kappa shape index (κ2) is 7.23. The van der Waals surface area contributed by atoms with Crippen molar-refractivity contribution in [3.63, 3.8) is 0 Å². The number of H-pyrrole nitrogens is 1. The first-order chi connectivity index (χ1) is 11.7. The summed E-state index contributed by atoms with van der Waals surface area (Å²) in [5.41, 5.74) is 1.74. The summed E-state index contributed by atoms with van der Waals surface area (Å²) >= 11 is 0. The van der Waals surface area contributed by atoms with Gasteiger partial charge in [0.1, 0.15) is 11.3 Å². The Labute approximate surface area is 138 Å². The highest BCUT2D eigenvalue weighted by atomic mass is 19.1. The summed E-state index contributed by atoms with van der Waals surface area (Å²) in [7, 11) is 0. The summed E-state index contributed by atoms with van der Waals surface area (Å²) in [6, 6.07) is 13.6. The molecule has 5 nitrogen and oxygen atoms in total. The molecule has 124 valence electrons. The summed E-state index contributed by atoms with van der Waals surface area (Å²) < 4.78 is 13.6. The number of halogens is 1. The van der Waals surface area contributed by atoms with Crippen LogP contribution < -0.4 is 5.32 Å². The zero-order chi connectivity index (χ0) is 16.9. The number of aryl methyl sites for hydroxylation is 1. The molecular formula is C18H18FN3O2. The SMILES string of the molecule is O=C(CCc1nc2c(F)cccc2[nH]1)N[C@H](CO)c1ccccc1. The van der Waals surface area contributed by atoms with E-state index < -0.39 is 6.04 Å². The molecule has 3 aromatic rings. The first-order valence-electron chi connectivity index (χ1n) is 7.75. The van der Waals surface area contributed by atoms with Crippen LogP contribution in [-0.2, 0) is 11.2 Å². The van der Waals surface area contributed by atoms with Crippen LogP contribution in [0, 0.1) is 5.82 Å². The molecular weight excluding hydrogens is 309 g/mol. The first kappa shape index (κ1) is 16.1. The number of aliphatic hydroxyl groups is 1. The van der Waals surface area contributed by atoms with Crippen LogP contribution in [0.5, 0.6) is 0 Å². The van der Waals surface area contributed by atoms with Crippen LogP contribution in [0.1, 0.15) is 23.9 Å². The van der Waals surface area contributed by atoms with Crippen molar-refractivity contribution in [3.05, 3.63) is 65.7 Å². The number of amides is 1. The van der Waals surface area contributed by atoms with Crippen LogP contribution >= 0.6 is 0 Å². The van der Waals surface area contributed by atoms with Crippen molar-refractivity contribution in [2.45, 2.75) is 18.9 Å². The van der Waals surface area contributed by atoms with Crippen molar-refractivity contribution in [1.82, 2.24) is 15.3 Å². The van der Waals surface area contributed by atoms with E-state index in [0.717, 1.165) is 5.56 Å². The Hall–Kier alpha value is -2.73. The number of aromatic nitrogens is 2. The fraction of sp³-hybridized carbons (Fsp3) is 0.222. The van der Waals surface area contributed by atoms with E-state index in [4.69, 9.17) is 0 Å². The molecule has 1 amide bonds. The maximum Gasteiger partial charge on any atom is 0.221 e. The molecule has 24 heavy (non-hydrogen) atoms. The van der Waals surface area contributed by atoms with E-state index in [-0.39, 0.29) is 30.3 Å². The van der Waals surface area contributed by atoms with Crippen LogP contribution in [0.4, 0.5) is 4.39 Å². The van der Waals surface area contributed by atoms with Crippen molar-refractivity contribution < 1.29 is 14.3 Å². The van der Waals surface area contributed by atoms with Gasteiger partial charge in [0.05, 0.1) is 18.2 Å². The minimum absolute atomic E-state index is 0.175. The van der Waals surface area contributed by atoms with Gasteiger partial charge in [-0.25, -0.2) is 9.37 Å². The Balaban J connectivity index is 1.61. The third-order valence-corrected chi connectivity index (χ3v) is 3.82. The van der Waals surface area contributed by atoms with Gasteiger partial charge in [-0.05, 0) is 17.7 Å². The lowest BCUT2D eigenvalue weighted by molar-refractivity contribution is -0.122. The molecule has 0 aliphatic rings. The predicted octanol–water partition coefficient (Wildman–Crippen LogP) is 2.48. The van der Waals surface area contributed by atoms with Gasteiger partial charge in [-0.2, -0.15) is 0 Å². The van der Waals surface area contributed by atoms with Crippen LogP contribution in [-0.4, -0.2) is 27.6 Å². The average molecular weight is 327 g/mol. The molecule has 0 aliphatic carbocycles. The number of hydrogen-bond acceptors (Lipinski definition) is 3. The number of imidazole rings is 1. The molecule has 1 atom stereocenters. The lowest BCUT2D eigenvalue weighted by Crippen LogP contribution is -2.30. The van der Waals surface area contributed by atoms with E-state index in [1.807, 2.05) is 30.3 Å². The van der Waals surface area contributed by atoms with Crippen LogP contribution in [0.15, 0.2) is 48.5 Å². The quantitative estimate of drug-likeness (QED) is 0.651. The number of carbonyl (C=O) groups excluding carboxylic acids is 1. The van der Waals surface area contributed by atoms with Gasteiger partial charge in [0.2, 0.25) is 5.91 Å². The Kier molecular flexibility index (Phi) is 4.86. The number of aromatic amines is 1. The summed E-state index contributed by atoms with van der Waals surface area (Å²) in [6.07, 6.45) is 0.567. The summed E-state index contributed by atoms with van der Waals surface area (Å²) in [5.74, 6) is -0.0202. The summed E-state index contributed by atoms with van der Waals surface area (Å²) in [5, 5.41) is 12.3. The van der Waals surface area contributed by atoms with Gasteiger partial charge in [-0.15, -0.1) is 0 Å². The lowest BCUT2D eigenvalue weighted by atomic mass is 10.1. The fourth-order valence-corrected chi connectivity index (χ4v) is 2.58. The fourth-order valence-electron chi connectivity index (χ4n) is 2.58. The molecule has 2 aromatic carbocycles. The molecule has 0 fully saturated rings. The number of nitrogens with zero attached hydrogens (tertiary/aromatic N) is 1. The normalized spacial score (nSPS) is 12.2. The number of hydrogen-bond donors (Lipinski definition) is 3. The molecule has 3 rings (SSSR count). The van der Waals surface area contributed by atoms with Gasteiger partial charge in [0, 0.05) is 12.8 Å². The standard InChI is InChI=1S/C18H18FN3O2/c19-13-7-4-8-14-18(13)22-16(20-14)9-10-17(24)21-15(11-23)12-5-2-1-3-6-12/h1-8,15,23H,9-11H2,(H,20,22)(H,21,24)/t15-/m1/s1. The van der Waals surface area contributed by atoms with Crippen molar-refractivity contribution >= 4 is 16.9 Å². The number of para-hydroxylation sites is 1. The van der Waals surface area contributed by atoms with E-state index in [1.54, 1.807) is 12.1 Å². The number of benzene rings is 2. The highest BCUT2D eigenvalue weighted by Crippen LogP contribution is 2.16. The van der Waals surface area contributed by atoms with Gasteiger partial charge in [-0.3, -0.25) is 4.79 Å². The van der Waals surface area contributed by atoms with Crippen molar-refractivity contribution in [2.75, 3.05) is 6.61 Å². The monoisotopic (exact) mass is 327 g/mol. The van der Waals surface area contributed by atoms with Gasteiger partial charge in [-0.1, -0.05) is 36.4 Å². The third-order valence-electron chi connectivity index (χ3n) is 3.82. The Bertz CT molecular complexity index is 833. The van der Waals surface area contributed by atoms with Crippen molar-refractivity contribution in [1.29, 1.82) is 0 Å². The predicted molar refractivity (Wildman–Crippen MR) is 88.8 cm³/mol. The molecule has 6 heteroatoms. The van der Waals surface area contributed by atoms with E-state index in [0.29, 0.717) is 17.8 Å². The maximum atomic E-state index is 13.6. The molecule has 0 bridgehead atoms. The molecule has 0 saturated carbocycles. The Morgan fingerprint density at radius 1 is 1.21 bits per heavy atom. The van der Waals surface area contributed by atoms with E-state index in [2.05, 4.69) is 15.3 Å². The van der Waals surface area contributed by atoms with E-state index in [1.165, 1.54) is 6.07 Å². The van der Waals surface area contributed by atoms with Crippen LogP contribution in [0.25, 0.3) is 11.0 Å². The summed E-state index contributed by atoms with van der Waals surface area (Å²) in [4.78, 5) is 19.3. The van der Waals surface area contributed by atoms with Gasteiger partial charge in [0.25, 0.3) is 0 Å². The largest absolute Gasteiger partial charge is 0.394 e. The van der Waals surface area contributed by atoms with Crippen LogP contribution in [0.2, 0.25) is 0 Å². The molecule has 0 unspecified atom stereocenters. The minimum atomic E-state index is -0.438. The second-order valence-corrected chi connectivity index (χ2v) is 5.53. The Morgan fingerprint density at radius 3 is 2.71 bits per heavy atom. The third kappa shape index (κ3) is 3.60. The zero-order valence-electron chi connectivity index (χ0n) is 13.0. The van der Waals surface area contributed by atoms with E-state index in [9.17, 15) is 14.3 Å². The van der Waals surface area contributed by atoms with Crippen molar-refractivity contribution in [2.24, 2.45) is 0 Å². The topological polar surface area (TPSA) is 78.0 Å². The number of rotatable bonds is 6. The summed E-state index contributed by atoms with van der Waals surface area (Å²) in [6.45, 7) is -0.175. The number of carbonyl (C=O) groups is 1. The zero-order valence-corrected chi connectivity index (χ0v) is 13.0. The smallest absolute Gasteiger partial charge is 0.221 e. The minimum Gasteiger partial charge on any atom is -0.394 e.